The van der Waals surface area contributed by atoms with Crippen molar-refractivity contribution in [3.8, 4) is 0 Å². The lowest BCUT2D eigenvalue weighted by atomic mass is 10.1. The Bertz CT molecular complexity index is 622. The highest BCUT2D eigenvalue weighted by Gasteiger charge is 2.09. The van der Waals surface area contributed by atoms with E-state index in [1.807, 2.05) is 0 Å². The molecule has 2 N–H and O–H groups in total. The molecule has 0 aliphatic rings. The first-order valence-corrected chi connectivity index (χ1v) is 7.42. The molecule has 4 nitrogen and oxygen atoms in total. The summed E-state index contributed by atoms with van der Waals surface area (Å²) in [6.45, 7) is 8.08. The van der Waals surface area contributed by atoms with Gasteiger partial charge >= 0.3 is 0 Å². The number of benzene rings is 1. The first kappa shape index (κ1) is 15.6. The third kappa shape index (κ3) is 4.33. The fourth-order valence-electron chi connectivity index (χ4n) is 2.27. The summed E-state index contributed by atoms with van der Waals surface area (Å²) in [5.41, 5.74) is 2.58. The van der Waals surface area contributed by atoms with Gasteiger partial charge in [-0.2, -0.15) is 0 Å². The van der Waals surface area contributed by atoms with Crippen LogP contribution in [0.5, 0.6) is 0 Å². The van der Waals surface area contributed by atoms with Crippen LogP contribution in [0, 0.1) is 0 Å². The summed E-state index contributed by atoms with van der Waals surface area (Å²) in [5, 5.41) is 7.37. The van der Waals surface area contributed by atoms with Crippen molar-refractivity contribution in [1.82, 2.24) is 15.2 Å². The van der Waals surface area contributed by atoms with Crippen LogP contribution in [-0.2, 0) is 17.9 Å². The number of aryl methyl sites for hydroxylation is 1. The van der Waals surface area contributed by atoms with Crippen molar-refractivity contribution in [2.75, 3.05) is 7.05 Å². The van der Waals surface area contributed by atoms with Gasteiger partial charge in [-0.1, -0.05) is 6.07 Å². The van der Waals surface area contributed by atoms with Gasteiger partial charge < -0.3 is 15.2 Å². The molecule has 0 aliphatic heterocycles. The topological polar surface area (TPSA) is 46.1 Å². The molecule has 114 valence electrons. The molecule has 0 saturated carbocycles. The van der Waals surface area contributed by atoms with E-state index in [0.29, 0.717) is 13.0 Å². The van der Waals surface area contributed by atoms with Crippen LogP contribution in [0.1, 0.15) is 32.8 Å². The summed E-state index contributed by atoms with van der Waals surface area (Å²) >= 11 is 0. The highest BCUT2D eigenvalue weighted by atomic mass is 16.1. The molecule has 2 aromatic rings. The van der Waals surface area contributed by atoms with E-state index in [1.165, 1.54) is 16.5 Å². The summed E-state index contributed by atoms with van der Waals surface area (Å²) in [7, 11) is 1.67. The first-order valence-electron chi connectivity index (χ1n) is 7.42. The Hall–Kier alpha value is -1.81. The van der Waals surface area contributed by atoms with Crippen LogP contribution in [0.15, 0.2) is 30.5 Å². The molecule has 0 saturated heterocycles. The van der Waals surface area contributed by atoms with E-state index in [0.717, 1.165) is 6.54 Å². The Labute approximate surface area is 126 Å². The summed E-state index contributed by atoms with van der Waals surface area (Å²) in [6.07, 6.45) is 2.56. The largest absolute Gasteiger partial charge is 0.359 e. The van der Waals surface area contributed by atoms with Gasteiger partial charge in [0.25, 0.3) is 0 Å². The van der Waals surface area contributed by atoms with Gasteiger partial charge in [0.2, 0.25) is 5.91 Å². The molecule has 1 aromatic heterocycles. The molecule has 0 radical (unpaired) electrons. The van der Waals surface area contributed by atoms with Gasteiger partial charge in [0.15, 0.2) is 0 Å². The summed E-state index contributed by atoms with van der Waals surface area (Å²) in [4.78, 5) is 11.3. The molecule has 1 heterocycles. The standard InChI is InChI=1S/C17H25N3O/c1-17(2,3)19-12-13-5-6-15-14(11-13)7-9-20(15)10-8-16(21)18-4/h5-7,9,11,19H,8,10,12H2,1-4H3,(H,18,21). The van der Waals surface area contributed by atoms with Crippen molar-refractivity contribution in [2.45, 2.75) is 45.8 Å². The average molecular weight is 287 g/mol. The van der Waals surface area contributed by atoms with E-state index in [-0.39, 0.29) is 11.4 Å². The molecule has 0 fully saturated rings. The number of hydrogen-bond acceptors (Lipinski definition) is 2. The fraction of sp³-hybridized carbons (Fsp3) is 0.471. The number of amides is 1. The number of carbonyl (C=O) groups excluding carboxylic acids is 1. The Morgan fingerprint density at radius 2 is 2.00 bits per heavy atom. The van der Waals surface area contributed by atoms with Gasteiger partial charge in [-0.05, 0) is 49.9 Å². The average Bonchev–Trinajstić information content (AvgIpc) is 2.84. The van der Waals surface area contributed by atoms with Crippen molar-refractivity contribution in [2.24, 2.45) is 0 Å². The second kappa shape index (κ2) is 6.31. The maximum absolute atomic E-state index is 11.3. The second-order valence-corrected chi connectivity index (χ2v) is 6.43. The number of rotatable bonds is 5. The summed E-state index contributed by atoms with van der Waals surface area (Å²) in [5.74, 6) is 0.0721. The van der Waals surface area contributed by atoms with Crippen LogP contribution in [0.25, 0.3) is 10.9 Å². The van der Waals surface area contributed by atoms with Crippen molar-refractivity contribution < 1.29 is 4.79 Å². The molecule has 1 aromatic carbocycles. The maximum Gasteiger partial charge on any atom is 0.221 e. The van der Waals surface area contributed by atoms with Gasteiger partial charge in [-0.15, -0.1) is 0 Å². The van der Waals surface area contributed by atoms with E-state index in [2.05, 4.69) is 66.4 Å². The number of fused-ring (bicyclic) bond motifs is 1. The van der Waals surface area contributed by atoms with E-state index in [1.54, 1.807) is 7.05 Å². The zero-order valence-corrected chi connectivity index (χ0v) is 13.4. The molecular weight excluding hydrogens is 262 g/mol. The molecule has 0 aliphatic carbocycles. The van der Waals surface area contributed by atoms with E-state index < -0.39 is 0 Å². The van der Waals surface area contributed by atoms with Crippen LogP contribution in [0.2, 0.25) is 0 Å². The molecule has 2 rings (SSSR count). The highest BCUT2D eigenvalue weighted by Crippen LogP contribution is 2.18. The smallest absolute Gasteiger partial charge is 0.221 e. The van der Waals surface area contributed by atoms with Crippen LogP contribution in [0.4, 0.5) is 0 Å². The van der Waals surface area contributed by atoms with Crippen LogP contribution in [-0.4, -0.2) is 23.1 Å². The van der Waals surface area contributed by atoms with Crippen LogP contribution in [0.3, 0.4) is 0 Å². The molecule has 0 atom stereocenters. The lowest BCUT2D eigenvalue weighted by molar-refractivity contribution is -0.120. The summed E-state index contributed by atoms with van der Waals surface area (Å²) in [6, 6.07) is 8.61. The molecule has 0 spiro atoms. The molecule has 21 heavy (non-hydrogen) atoms. The number of hydrogen-bond donors (Lipinski definition) is 2. The van der Waals surface area contributed by atoms with E-state index >= 15 is 0 Å². The van der Waals surface area contributed by atoms with Gasteiger partial charge in [0.05, 0.1) is 0 Å². The second-order valence-electron chi connectivity index (χ2n) is 6.43. The highest BCUT2D eigenvalue weighted by molar-refractivity contribution is 5.81. The third-order valence-electron chi connectivity index (χ3n) is 3.52. The SMILES string of the molecule is CNC(=O)CCn1ccc2cc(CNC(C)(C)C)ccc21. The minimum absolute atomic E-state index is 0.0721. The minimum atomic E-state index is 0.0721. The van der Waals surface area contributed by atoms with Crippen molar-refractivity contribution >= 4 is 16.8 Å². The molecular formula is C17H25N3O. The quantitative estimate of drug-likeness (QED) is 0.888. The molecule has 0 bridgehead atoms. The van der Waals surface area contributed by atoms with Gasteiger partial charge in [-0.3, -0.25) is 4.79 Å². The Morgan fingerprint density at radius 1 is 1.24 bits per heavy atom. The fourth-order valence-corrected chi connectivity index (χ4v) is 2.27. The van der Waals surface area contributed by atoms with Gasteiger partial charge in [-0.25, -0.2) is 0 Å². The Kier molecular flexibility index (Phi) is 4.68. The lowest BCUT2D eigenvalue weighted by Gasteiger charge is -2.20. The van der Waals surface area contributed by atoms with Gasteiger partial charge in [0.1, 0.15) is 0 Å². The monoisotopic (exact) mass is 287 g/mol. The van der Waals surface area contributed by atoms with Crippen LogP contribution >= 0.6 is 0 Å². The number of aromatic nitrogens is 1. The zero-order chi connectivity index (χ0) is 15.5. The van der Waals surface area contributed by atoms with E-state index in [4.69, 9.17) is 0 Å². The number of nitrogens with zero attached hydrogens (tertiary/aromatic N) is 1. The molecule has 1 amide bonds. The number of carbonyl (C=O) groups is 1. The molecule has 4 heteroatoms. The molecule has 0 unspecified atom stereocenters. The minimum Gasteiger partial charge on any atom is -0.359 e. The summed E-state index contributed by atoms with van der Waals surface area (Å²) < 4.78 is 2.13. The van der Waals surface area contributed by atoms with Crippen molar-refractivity contribution in [1.29, 1.82) is 0 Å². The van der Waals surface area contributed by atoms with Crippen molar-refractivity contribution in [3.05, 3.63) is 36.0 Å². The van der Waals surface area contributed by atoms with E-state index in [9.17, 15) is 4.79 Å². The first-order chi connectivity index (χ1) is 9.89. The normalized spacial score (nSPS) is 11.8. The predicted octanol–water partition coefficient (Wildman–Crippen LogP) is 2.67. The number of nitrogens with one attached hydrogen (secondary N) is 2. The van der Waals surface area contributed by atoms with Crippen molar-refractivity contribution in [3.63, 3.8) is 0 Å². The maximum atomic E-state index is 11.3. The van der Waals surface area contributed by atoms with Gasteiger partial charge in [0, 0.05) is 43.8 Å². The predicted molar refractivity (Wildman–Crippen MR) is 87.2 cm³/mol. The Balaban J connectivity index is 2.09. The lowest BCUT2D eigenvalue weighted by Crippen LogP contribution is -2.35. The Morgan fingerprint density at radius 3 is 2.67 bits per heavy atom. The zero-order valence-electron chi connectivity index (χ0n) is 13.4. The van der Waals surface area contributed by atoms with Crippen LogP contribution < -0.4 is 10.6 Å². The third-order valence-corrected chi connectivity index (χ3v) is 3.52.